The average molecular weight is 503 g/mol. The zero-order chi connectivity index (χ0) is 26.6. The van der Waals surface area contributed by atoms with Crippen molar-refractivity contribution in [3.8, 4) is 0 Å². The van der Waals surface area contributed by atoms with Crippen LogP contribution in [0.2, 0.25) is 0 Å². The lowest BCUT2D eigenvalue weighted by Crippen LogP contribution is -2.75. The maximum Gasteiger partial charge on any atom is 0.309 e. The molecule has 0 aromatic carbocycles. The summed E-state index contributed by atoms with van der Waals surface area (Å²) in [6.07, 6.45) is 3.76. The molecule has 1 saturated heterocycles. The van der Waals surface area contributed by atoms with Gasteiger partial charge in [-0.15, -0.1) is 0 Å². The lowest BCUT2D eigenvalue weighted by Gasteiger charge is -2.69. The van der Waals surface area contributed by atoms with Crippen LogP contribution in [0.4, 0.5) is 0 Å². The summed E-state index contributed by atoms with van der Waals surface area (Å²) >= 11 is 0. The first-order chi connectivity index (χ1) is 16.6. The van der Waals surface area contributed by atoms with Crippen LogP contribution in [0.15, 0.2) is 12.2 Å². The van der Waals surface area contributed by atoms with Crippen LogP contribution in [-0.2, 0) is 38.1 Å². The Kier molecular flexibility index (Phi) is 5.24. The normalized spacial score (nSPS) is 49.6. The van der Waals surface area contributed by atoms with Crippen molar-refractivity contribution in [2.45, 2.75) is 91.6 Å². The zero-order valence-corrected chi connectivity index (χ0v) is 22.5. The van der Waals surface area contributed by atoms with E-state index in [1.807, 2.05) is 19.9 Å². The maximum atomic E-state index is 13.2. The van der Waals surface area contributed by atoms with E-state index >= 15 is 0 Å². The van der Waals surface area contributed by atoms with Crippen molar-refractivity contribution in [3.05, 3.63) is 12.2 Å². The fraction of sp³-hybridized carbons (Fsp3) is 0.786. The van der Waals surface area contributed by atoms with Gasteiger partial charge in [0, 0.05) is 36.0 Å². The average Bonchev–Trinajstić information content (AvgIpc) is 3.45. The van der Waals surface area contributed by atoms with Crippen LogP contribution < -0.4 is 0 Å². The van der Waals surface area contributed by atoms with Gasteiger partial charge in [0.25, 0.3) is 0 Å². The third-order valence-corrected chi connectivity index (χ3v) is 11.0. The van der Waals surface area contributed by atoms with Gasteiger partial charge >= 0.3 is 17.9 Å². The van der Waals surface area contributed by atoms with Gasteiger partial charge in [0.2, 0.25) is 0 Å². The molecular formula is C28H38O8. The van der Waals surface area contributed by atoms with Crippen molar-refractivity contribution in [3.63, 3.8) is 0 Å². The molecule has 0 aromatic rings. The number of rotatable bonds is 3. The molecule has 1 spiro atoms. The summed E-state index contributed by atoms with van der Waals surface area (Å²) in [5.74, 6) is -2.08. The van der Waals surface area contributed by atoms with Gasteiger partial charge in [0.05, 0.1) is 19.1 Å². The third kappa shape index (κ3) is 2.74. The van der Waals surface area contributed by atoms with Crippen LogP contribution in [0, 0.1) is 39.4 Å². The molecule has 1 heterocycles. The van der Waals surface area contributed by atoms with Gasteiger partial charge in [-0.05, 0) is 36.7 Å². The number of allylic oxidation sites excluding steroid dienone is 2. The van der Waals surface area contributed by atoms with Crippen molar-refractivity contribution < 1.29 is 38.1 Å². The number of fused-ring (bicyclic) bond motifs is 3. The summed E-state index contributed by atoms with van der Waals surface area (Å²) in [7, 11) is 1.41. The summed E-state index contributed by atoms with van der Waals surface area (Å²) in [6.45, 7) is 12.8. The standard InChI is InChI=1S/C28H38O8/c1-14(29)34-20-21-24(3,4)18(31)10-11-25(21,5)17-9-12-26(6)16(23(32)33-8)13-19-28(26,36-19)27(17,7)22(20)35-15(2)30/h10-11,16-17,19-22H,9,12-13H2,1-8H3/t16-,17+,19+,20+,21-,22+,25+,26-,27-,28+/m0/s1. The Balaban J connectivity index is 1.76. The molecule has 3 saturated carbocycles. The molecular weight excluding hydrogens is 464 g/mol. The highest BCUT2D eigenvalue weighted by atomic mass is 16.6. The number of carbonyl (C=O) groups excluding carboxylic acids is 4. The summed E-state index contributed by atoms with van der Waals surface area (Å²) in [5, 5.41) is 0. The maximum absolute atomic E-state index is 13.2. The highest BCUT2D eigenvalue weighted by Crippen LogP contribution is 2.81. The van der Waals surface area contributed by atoms with E-state index in [-0.39, 0.29) is 29.7 Å². The van der Waals surface area contributed by atoms with Crippen molar-refractivity contribution in [2.24, 2.45) is 39.4 Å². The predicted octanol–water partition coefficient (Wildman–Crippen LogP) is 3.40. The molecule has 0 aromatic heterocycles. The Morgan fingerprint density at radius 1 is 1.03 bits per heavy atom. The molecule has 5 aliphatic rings. The molecule has 5 rings (SSSR count). The molecule has 4 fully saturated rings. The first-order valence-electron chi connectivity index (χ1n) is 13.0. The molecule has 0 N–H and O–H groups in total. The molecule has 10 atom stereocenters. The Hall–Kier alpha value is -2.22. The van der Waals surface area contributed by atoms with E-state index in [2.05, 4.69) is 20.8 Å². The smallest absolute Gasteiger partial charge is 0.309 e. The molecule has 4 aliphatic carbocycles. The third-order valence-electron chi connectivity index (χ3n) is 11.0. The Bertz CT molecular complexity index is 1080. The van der Waals surface area contributed by atoms with Crippen LogP contribution in [0.3, 0.4) is 0 Å². The van der Waals surface area contributed by atoms with Crippen molar-refractivity contribution in [1.29, 1.82) is 0 Å². The van der Waals surface area contributed by atoms with Gasteiger partial charge in [-0.3, -0.25) is 19.2 Å². The van der Waals surface area contributed by atoms with Gasteiger partial charge in [-0.25, -0.2) is 0 Å². The Morgan fingerprint density at radius 3 is 2.25 bits per heavy atom. The number of esters is 3. The fourth-order valence-corrected chi connectivity index (χ4v) is 9.76. The highest BCUT2D eigenvalue weighted by molar-refractivity contribution is 5.96. The SMILES string of the molecule is COC(=O)[C@@H]1C[C@H]2O[C@]23[C@]2(C)[C@H](OC(C)=O)[C@H](OC(C)=O)[C@H]4C(C)(C)C(=O)C=C[C@]4(C)[C@H]2CC[C@@]13C. The van der Waals surface area contributed by atoms with Crippen LogP contribution in [0.5, 0.6) is 0 Å². The van der Waals surface area contributed by atoms with Crippen molar-refractivity contribution >= 4 is 23.7 Å². The largest absolute Gasteiger partial charge is 0.469 e. The number of methoxy groups -OCH3 is 1. The Labute approximate surface area is 212 Å². The molecule has 0 amide bonds. The number of carbonyl (C=O) groups is 4. The lowest BCUT2D eigenvalue weighted by molar-refractivity contribution is -0.275. The first kappa shape index (κ1) is 25.4. The predicted molar refractivity (Wildman–Crippen MR) is 127 cm³/mol. The number of ether oxygens (including phenoxy) is 4. The van der Waals surface area contributed by atoms with E-state index < -0.39 is 57.3 Å². The second-order valence-electron chi connectivity index (χ2n) is 12.8. The van der Waals surface area contributed by atoms with E-state index in [0.717, 1.165) is 12.8 Å². The second-order valence-corrected chi connectivity index (χ2v) is 12.8. The molecule has 0 bridgehead atoms. The van der Waals surface area contributed by atoms with E-state index in [4.69, 9.17) is 18.9 Å². The van der Waals surface area contributed by atoms with Gasteiger partial charge in [0.1, 0.15) is 17.8 Å². The molecule has 198 valence electrons. The quantitative estimate of drug-likeness (QED) is 0.328. The molecule has 0 radical (unpaired) electrons. The molecule has 36 heavy (non-hydrogen) atoms. The van der Waals surface area contributed by atoms with E-state index in [1.165, 1.54) is 21.0 Å². The van der Waals surface area contributed by atoms with Crippen LogP contribution in [0.25, 0.3) is 0 Å². The topological polar surface area (TPSA) is 108 Å². The second kappa shape index (κ2) is 7.42. The minimum Gasteiger partial charge on any atom is -0.469 e. The van der Waals surface area contributed by atoms with Gasteiger partial charge in [0.15, 0.2) is 5.78 Å². The molecule has 8 nitrogen and oxygen atoms in total. The lowest BCUT2D eigenvalue weighted by atomic mass is 9.36. The number of ketones is 1. The summed E-state index contributed by atoms with van der Waals surface area (Å²) < 4.78 is 23.9. The summed E-state index contributed by atoms with van der Waals surface area (Å²) in [5.41, 5.74) is -3.48. The van der Waals surface area contributed by atoms with Crippen LogP contribution >= 0.6 is 0 Å². The van der Waals surface area contributed by atoms with Gasteiger partial charge in [-0.2, -0.15) is 0 Å². The van der Waals surface area contributed by atoms with Crippen LogP contribution in [-0.4, -0.2) is 54.7 Å². The van der Waals surface area contributed by atoms with Crippen LogP contribution in [0.1, 0.15) is 67.7 Å². The van der Waals surface area contributed by atoms with Crippen molar-refractivity contribution in [2.75, 3.05) is 7.11 Å². The Morgan fingerprint density at radius 2 is 1.67 bits per heavy atom. The van der Waals surface area contributed by atoms with E-state index in [9.17, 15) is 19.2 Å². The minimum atomic E-state index is -0.861. The zero-order valence-electron chi connectivity index (χ0n) is 22.5. The molecule has 1 aliphatic heterocycles. The van der Waals surface area contributed by atoms with E-state index in [0.29, 0.717) is 6.42 Å². The molecule has 0 unspecified atom stereocenters. The van der Waals surface area contributed by atoms with Gasteiger partial charge in [-0.1, -0.05) is 40.7 Å². The highest BCUT2D eigenvalue weighted by Gasteiger charge is 2.89. The fourth-order valence-electron chi connectivity index (χ4n) is 9.76. The summed E-state index contributed by atoms with van der Waals surface area (Å²) in [4.78, 5) is 51.1. The molecule has 8 heteroatoms. The number of epoxide rings is 1. The monoisotopic (exact) mass is 502 g/mol. The van der Waals surface area contributed by atoms with Gasteiger partial charge < -0.3 is 18.9 Å². The number of hydrogen-bond acceptors (Lipinski definition) is 8. The minimum absolute atomic E-state index is 0.0433. The first-order valence-corrected chi connectivity index (χ1v) is 13.0. The van der Waals surface area contributed by atoms with Crippen molar-refractivity contribution in [1.82, 2.24) is 0 Å². The summed E-state index contributed by atoms with van der Waals surface area (Å²) in [6, 6.07) is 0. The van der Waals surface area contributed by atoms with E-state index in [1.54, 1.807) is 6.08 Å². The number of hydrogen-bond donors (Lipinski definition) is 0.